The van der Waals surface area contributed by atoms with Crippen LogP contribution in [0.15, 0.2) is 36.0 Å². The van der Waals surface area contributed by atoms with Gasteiger partial charge in [0.1, 0.15) is 11.6 Å². The van der Waals surface area contributed by atoms with Crippen LogP contribution in [0.3, 0.4) is 0 Å². The van der Waals surface area contributed by atoms with Gasteiger partial charge in [0, 0.05) is 23.7 Å². The lowest BCUT2D eigenvalue weighted by Crippen LogP contribution is -2.36. The van der Waals surface area contributed by atoms with Gasteiger partial charge >= 0.3 is 0 Å². The summed E-state index contributed by atoms with van der Waals surface area (Å²) >= 11 is 1.41. The third kappa shape index (κ3) is 4.22. The summed E-state index contributed by atoms with van der Waals surface area (Å²) in [6.45, 7) is 5.05. The molecule has 0 atom stereocenters. The van der Waals surface area contributed by atoms with Crippen LogP contribution in [0.4, 0.5) is 16.5 Å². The van der Waals surface area contributed by atoms with E-state index < -0.39 is 11.8 Å². The van der Waals surface area contributed by atoms with E-state index in [1.54, 1.807) is 24.3 Å². The van der Waals surface area contributed by atoms with E-state index in [1.165, 1.54) is 24.5 Å². The normalized spacial score (nSPS) is 10.9. The number of nitrogens with one attached hydrogen (secondary N) is 1. The Morgan fingerprint density at radius 2 is 1.96 bits per heavy atom. The first-order valence-corrected chi connectivity index (χ1v) is 8.16. The van der Waals surface area contributed by atoms with E-state index in [1.807, 2.05) is 19.9 Å². The van der Waals surface area contributed by atoms with Crippen molar-refractivity contribution in [2.75, 3.05) is 16.0 Å². The molecule has 1 aromatic carbocycles. The van der Waals surface area contributed by atoms with Crippen molar-refractivity contribution in [3.05, 3.63) is 46.6 Å². The molecule has 1 aromatic heterocycles. The summed E-state index contributed by atoms with van der Waals surface area (Å²) < 4.78 is 0. The van der Waals surface area contributed by atoms with Gasteiger partial charge in [-0.1, -0.05) is 0 Å². The number of nitrogens with two attached hydrogens (primary N) is 1. The zero-order chi connectivity index (χ0) is 18.6. The first-order valence-electron chi connectivity index (χ1n) is 7.35. The highest BCUT2D eigenvalue weighted by atomic mass is 32.1. The van der Waals surface area contributed by atoms with Crippen molar-refractivity contribution in [3.8, 4) is 6.07 Å². The molecule has 3 N–H and O–H groups in total. The standard InChI is InChI=1S/C17H17N5O2S/c1-10-11(2)25-17(21-10)20-9-13(8-18)16(24)22(12(3)23)15-6-4-14(19)5-7-15/h4-7,9H,19H2,1-3H3,(H,20,21)/b13-9-. The molecule has 0 spiro atoms. The number of amides is 2. The Balaban J connectivity index is 2.29. The van der Waals surface area contributed by atoms with Crippen LogP contribution in [0.5, 0.6) is 0 Å². The Labute approximate surface area is 149 Å². The number of hydrogen-bond acceptors (Lipinski definition) is 7. The number of hydrogen-bond donors (Lipinski definition) is 2. The van der Waals surface area contributed by atoms with Gasteiger partial charge in [-0.05, 0) is 38.1 Å². The van der Waals surface area contributed by atoms with E-state index in [-0.39, 0.29) is 5.57 Å². The van der Waals surface area contributed by atoms with E-state index in [9.17, 15) is 14.9 Å². The van der Waals surface area contributed by atoms with Crippen LogP contribution in [-0.2, 0) is 9.59 Å². The molecule has 7 nitrogen and oxygen atoms in total. The van der Waals surface area contributed by atoms with Crippen LogP contribution in [0, 0.1) is 25.2 Å². The second-order valence-electron chi connectivity index (χ2n) is 5.23. The molecule has 0 bridgehead atoms. The number of nitriles is 1. The van der Waals surface area contributed by atoms with Gasteiger partial charge in [-0.25, -0.2) is 9.88 Å². The fraction of sp³-hybridized carbons (Fsp3) is 0.176. The third-order valence-corrected chi connectivity index (χ3v) is 4.39. The smallest absolute Gasteiger partial charge is 0.277 e. The Bertz CT molecular complexity index is 858. The molecular weight excluding hydrogens is 338 g/mol. The SMILES string of the molecule is CC(=O)N(C(=O)/C(C#N)=C\Nc1nc(C)c(C)s1)c1ccc(N)cc1. The van der Waals surface area contributed by atoms with Gasteiger partial charge in [-0.2, -0.15) is 5.26 Å². The zero-order valence-electron chi connectivity index (χ0n) is 14.0. The molecular formula is C17H17N5O2S. The van der Waals surface area contributed by atoms with Crippen LogP contribution in [0.2, 0.25) is 0 Å². The summed E-state index contributed by atoms with van der Waals surface area (Å²) in [5, 5.41) is 12.7. The van der Waals surface area contributed by atoms with Gasteiger partial charge in [0.2, 0.25) is 5.91 Å². The summed E-state index contributed by atoms with van der Waals surface area (Å²) in [6, 6.07) is 8.06. The third-order valence-electron chi connectivity index (χ3n) is 3.39. The summed E-state index contributed by atoms with van der Waals surface area (Å²) in [7, 11) is 0. The number of carbonyl (C=O) groups is 2. The zero-order valence-corrected chi connectivity index (χ0v) is 14.8. The minimum Gasteiger partial charge on any atom is -0.399 e. The van der Waals surface area contributed by atoms with Crippen molar-refractivity contribution in [2.24, 2.45) is 0 Å². The lowest BCUT2D eigenvalue weighted by atomic mass is 10.2. The number of carbonyl (C=O) groups excluding carboxylic acids is 2. The maximum Gasteiger partial charge on any atom is 0.277 e. The first-order chi connectivity index (χ1) is 11.8. The number of imide groups is 1. The molecule has 0 unspecified atom stereocenters. The Morgan fingerprint density at radius 1 is 1.32 bits per heavy atom. The predicted molar refractivity (Wildman–Crippen MR) is 97.9 cm³/mol. The van der Waals surface area contributed by atoms with Gasteiger partial charge in [-0.15, -0.1) is 11.3 Å². The number of anilines is 3. The molecule has 2 amide bonds. The van der Waals surface area contributed by atoms with Crippen LogP contribution in [0.25, 0.3) is 0 Å². The second kappa shape index (κ2) is 7.59. The minimum atomic E-state index is -0.725. The Hall–Kier alpha value is -3.18. The molecule has 0 fully saturated rings. The van der Waals surface area contributed by atoms with Gasteiger partial charge in [-0.3, -0.25) is 9.59 Å². The minimum absolute atomic E-state index is 0.211. The van der Waals surface area contributed by atoms with Crippen LogP contribution in [-0.4, -0.2) is 16.8 Å². The van der Waals surface area contributed by atoms with E-state index in [0.29, 0.717) is 16.5 Å². The number of benzene rings is 1. The molecule has 0 aliphatic heterocycles. The maximum absolute atomic E-state index is 12.6. The predicted octanol–water partition coefficient (Wildman–Crippen LogP) is 2.74. The lowest BCUT2D eigenvalue weighted by Gasteiger charge is -2.18. The molecule has 0 radical (unpaired) electrons. The Kier molecular flexibility index (Phi) is 5.52. The molecule has 0 aliphatic rings. The highest BCUT2D eigenvalue weighted by Crippen LogP contribution is 2.22. The number of nitrogen functional groups attached to an aromatic ring is 1. The molecule has 2 aromatic rings. The summed E-state index contributed by atoms with van der Waals surface area (Å²) in [5.41, 5.74) is 7.13. The van der Waals surface area contributed by atoms with Gasteiger partial charge in [0.05, 0.1) is 11.4 Å². The topological polar surface area (TPSA) is 112 Å². The van der Waals surface area contributed by atoms with E-state index in [2.05, 4.69) is 10.3 Å². The average molecular weight is 355 g/mol. The number of aryl methyl sites for hydroxylation is 2. The van der Waals surface area contributed by atoms with Gasteiger partial charge in [0.25, 0.3) is 5.91 Å². The number of rotatable bonds is 4. The van der Waals surface area contributed by atoms with Crippen molar-refractivity contribution < 1.29 is 9.59 Å². The Morgan fingerprint density at radius 3 is 2.44 bits per heavy atom. The van der Waals surface area contributed by atoms with Gasteiger partial charge in [0.15, 0.2) is 5.13 Å². The molecule has 128 valence electrons. The molecule has 25 heavy (non-hydrogen) atoms. The largest absolute Gasteiger partial charge is 0.399 e. The van der Waals surface area contributed by atoms with Crippen molar-refractivity contribution >= 4 is 39.7 Å². The fourth-order valence-corrected chi connectivity index (χ4v) is 2.78. The molecule has 8 heteroatoms. The lowest BCUT2D eigenvalue weighted by molar-refractivity contribution is -0.123. The van der Waals surface area contributed by atoms with Crippen LogP contribution >= 0.6 is 11.3 Å². The molecule has 0 saturated carbocycles. The number of thiazole rings is 1. The fourth-order valence-electron chi connectivity index (χ4n) is 2.00. The summed E-state index contributed by atoms with van der Waals surface area (Å²) in [6.07, 6.45) is 1.26. The van der Waals surface area contributed by atoms with E-state index >= 15 is 0 Å². The number of aromatic nitrogens is 1. The highest BCUT2D eigenvalue weighted by Gasteiger charge is 2.24. The number of nitrogens with zero attached hydrogens (tertiary/aromatic N) is 3. The van der Waals surface area contributed by atoms with Crippen LogP contribution < -0.4 is 16.0 Å². The quantitative estimate of drug-likeness (QED) is 0.495. The molecule has 2 rings (SSSR count). The van der Waals surface area contributed by atoms with E-state index in [0.717, 1.165) is 15.5 Å². The van der Waals surface area contributed by atoms with E-state index in [4.69, 9.17) is 5.73 Å². The summed E-state index contributed by atoms with van der Waals surface area (Å²) in [4.78, 5) is 30.8. The van der Waals surface area contributed by atoms with Crippen molar-refractivity contribution in [2.45, 2.75) is 20.8 Å². The van der Waals surface area contributed by atoms with Crippen molar-refractivity contribution in [1.82, 2.24) is 4.98 Å². The molecule has 0 aliphatic carbocycles. The highest BCUT2D eigenvalue weighted by molar-refractivity contribution is 7.15. The van der Waals surface area contributed by atoms with Crippen LogP contribution in [0.1, 0.15) is 17.5 Å². The maximum atomic E-state index is 12.6. The first kappa shape index (κ1) is 18.2. The average Bonchev–Trinajstić information content (AvgIpc) is 2.88. The molecule has 1 heterocycles. The monoisotopic (exact) mass is 355 g/mol. The van der Waals surface area contributed by atoms with Crippen molar-refractivity contribution in [1.29, 1.82) is 5.26 Å². The van der Waals surface area contributed by atoms with Gasteiger partial charge < -0.3 is 11.1 Å². The van der Waals surface area contributed by atoms with Crippen molar-refractivity contribution in [3.63, 3.8) is 0 Å². The second-order valence-corrected chi connectivity index (χ2v) is 6.43. The molecule has 0 saturated heterocycles. The summed E-state index contributed by atoms with van der Waals surface area (Å²) in [5.74, 6) is -1.23.